The lowest BCUT2D eigenvalue weighted by atomic mass is 10.0. The van der Waals surface area contributed by atoms with Crippen molar-refractivity contribution in [2.45, 2.75) is 90.6 Å². The number of carbonyl (C=O) groups excluding carboxylic acids is 2. The lowest BCUT2D eigenvalue weighted by Gasteiger charge is -2.20. The SMILES string of the molecule is C=Nc1ccc(NC(=O)Nc2ccc(NC(=O)C(CCCCCCCCCCCC)Oc3cc(C)ccc3Cl)cc2O)cc1C#N. The number of phenols is 1. The first-order valence-electron chi connectivity index (χ1n) is 15.9. The van der Waals surface area contributed by atoms with E-state index in [4.69, 9.17) is 16.3 Å². The van der Waals surface area contributed by atoms with E-state index in [0.717, 1.165) is 24.8 Å². The van der Waals surface area contributed by atoms with Crippen molar-refractivity contribution in [2.24, 2.45) is 4.99 Å². The van der Waals surface area contributed by atoms with Crippen LogP contribution in [0.1, 0.15) is 88.7 Å². The number of aliphatic imine (C=N–C) groups is 1. The molecule has 9 nitrogen and oxygen atoms in total. The van der Waals surface area contributed by atoms with Crippen molar-refractivity contribution in [3.05, 3.63) is 70.7 Å². The maximum absolute atomic E-state index is 13.4. The zero-order chi connectivity index (χ0) is 33.3. The first-order chi connectivity index (χ1) is 22.2. The maximum Gasteiger partial charge on any atom is 0.323 e. The predicted molar refractivity (Wildman–Crippen MR) is 187 cm³/mol. The predicted octanol–water partition coefficient (Wildman–Crippen LogP) is 9.90. The third-order valence-corrected chi connectivity index (χ3v) is 7.84. The molecule has 0 aliphatic heterocycles. The lowest BCUT2D eigenvalue weighted by Crippen LogP contribution is -2.33. The molecule has 0 radical (unpaired) electrons. The Bertz CT molecular complexity index is 1520. The molecule has 3 aromatic rings. The van der Waals surface area contributed by atoms with E-state index in [1.807, 2.05) is 25.1 Å². The molecule has 0 aromatic heterocycles. The summed E-state index contributed by atoms with van der Waals surface area (Å²) in [5.41, 5.74) is 2.47. The highest BCUT2D eigenvalue weighted by Gasteiger charge is 2.22. The Kier molecular flexibility index (Phi) is 14.9. The standard InChI is InChI=1S/C36H44ClN5O4/c1-4-5-6-7-8-9-10-11-12-13-14-33(46-34-21-25(2)15-18-29(34)37)35(44)40-28-17-20-31(32(43)23-28)42-36(45)41-27-16-19-30(39-3)26(22-27)24-38/h15-23,33,43H,3-14H2,1-2H3,(H,40,44)(H2,41,42,45). The van der Waals surface area contributed by atoms with Gasteiger partial charge < -0.3 is 25.8 Å². The van der Waals surface area contributed by atoms with Crippen molar-refractivity contribution < 1.29 is 19.4 Å². The highest BCUT2D eigenvalue weighted by Crippen LogP contribution is 2.30. The highest BCUT2D eigenvalue weighted by atomic mass is 35.5. The molecule has 10 heteroatoms. The number of hydrogen-bond acceptors (Lipinski definition) is 6. The minimum absolute atomic E-state index is 0.130. The summed E-state index contributed by atoms with van der Waals surface area (Å²) in [7, 11) is 0. The number of amides is 3. The summed E-state index contributed by atoms with van der Waals surface area (Å²) < 4.78 is 6.14. The van der Waals surface area contributed by atoms with Gasteiger partial charge in [0, 0.05) is 17.4 Å². The van der Waals surface area contributed by atoms with Gasteiger partial charge in [-0.15, -0.1) is 0 Å². The Morgan fingerprint density at radius 3 is 2.22 bits per heavy atom. The summed E-state index contributed by atoms with van der Waals surface area (Å²) in [6, 6.07) is 15.8. The number of nitriles is 1. The summed E-state index contributed by atoms with van der Waals surface area (Å²) in [6.45, 7) is 7.58. The molecular formula is C36H44ClN5O4. The smallest absolute Gasteiger partial charge is 0.323 e. The van der Waals surface area contributed by atoms with E-state index in [1.165, 1.54) is 63.1 Å². The van der Waals surface area contributed by atoms with Gasteiger partial charge in [-0.3, -0.25) is 9.79 Å². The molecule has 0 heterocycles. The minimum atomic E-state index is -0.792. The van der Waals surface area contributed by atoms with Crippen molar-refractivity contribution in [1.29, 1.82) is 5.26 Å². The fourth-order valence-electron chi connectivity index (χ4n) is 4.98. The molecule has 4 N–H and O–H groups in total. The largest absolute Gasteiger partial charge is 0.506 e. The van der Waals surface area contributed by atoms with Gasteiger partial charge in [0.2, 0.25) is 0 Å². The molecule has 0 aliphatic rings. The number of hydrogen-bond donors (Lipinski definition) is 4. The minimum Gasteiger partial charge on any atom is -0.506 e. The molecule has 1 atom stereocenters. The second kappa shape index (κ2) is 19.1. The zero-order valence-electron chi connectivity index (χ0n) is 26.7. The molecule has 0 fully saturated rings. The van der Waals surface area contributed by atoms with Crippen LogP contribution in [0.2, 0.25) is 5.02 Å². The van der Waals surface area contributed by atoms with Crippen LogP contribution < -0.4 is 20.7 Å². The Labute approximate surface area is 277 Å². The quantitative estimate of drug-likeness (QED) is 0.0620. The van der Waals surface area contributed by atoms with Crippen LogP contribution in [0.25, 0.3) is 0 Å². The van der Waals surface area contributed by atoms with Crippen molar-refractivity contribution in [1.82, 2.24) is 0 Å². The first-order valence-corrected chi connectivity index (χ1v) is 16.3. The van der Waals surface area contributed by atoms with E-state index < -0.39 is 12.1 Å². The number of anilines is 3. The van der Waals surface area contributed by atoms with E-state index in [2.05, 4.69) is 34.6 Å². The Morgan fingerprint density at radius 2 is 1.57 bits per heavy atom. The van der Waals surface area contributed by atoms with Gasteiger partial charge in [-0.2, -0.15) is 5.26 Å². The highest BCUT2D eigenvalue weighted by molar-refractivity contribution is 6.32. The summed E-state index contributed by atoms with van der Waals surface area (Å²) in [5.74, 6) is -0.164. The molecule has 0 aliphatic carbocycles. The summed E-state index contributed by atoms with van der Waals surface area (Å²) in [5, 5.41) is 28.3. The Morgan fingerprint density at radius 1 is 0.913 bits per heavy atom. The van der Waals surface area contributed by atoms with Crippen molar-refractivity contribution >= 4 is 53.0 Å². The molecule has 3 amide bonds. The second-order valence-electron chi connectivity index (χ2n) is 11.3. The first kappa shape index (κ1) is 35.9. The molecule has 0 spiro atoms. The van der Waals surface area contributed by atoms with Gasteiger partial charge in [0.15, 0.2) is 6.10 Å². The number of carbonyl (C=O) groups is 2. The molecule has 244 valence electrons. The van der Waals surface area contributed by atoms with E-state index in [9.17, 15) is 20.0 Å². The number of phenolic OH excluding ortho intramolecular Hbond substituents is 1. The monoisotopic (exact) mass is 645 g/mol. The molecule has 3 rings (SSSR count). The van der Waals surface area contributed by atoms with Crippen LogP contribution in [0.5, 0.6) is 11.5 Å². The maximum atomic E-state index is 13.4. The van der Waals surface area contributed by atoms with Crippen LogP contribution in [0.4, 0.5) is 27.5 Å². The number of rotatable bonds is 18. The third-order valence-electron chi connectivity index (χ3n) is 7.53. The Hall–Kier alpha value is -4.55. The second-order valence-corrected chi connectivity index (χ2v) is 11.7. The normalized spacial score (nSPS) is 11.3. The van der Waals surface area contributed by atoms with Gasteiger partial charge in [0.05, 0.1) is 22.0 Å². The van der Waals surface area contributed by atoms with Crippen LogP contribution in [0, 0.1) is 18.3 Å². The number of nitrogens with one attached hydrogen (secondary N) is 3. The zero-order valence-corrected chi connectivity index (χ0v) is 27.5. The fraction of sp³-hybridized carbons (Fsp3) is 0.389. The van der Waals surface area contributed by atoms with Crippen molar-refractivity contribution in [3.63, 3.8) is 0 Å². The molecule has 46 heavy (non-hydrogen) atoms. The number of benzene rings is 3. The molecule has 0 saturated carbocycles. The molecular weight excluding hydrogens is 602 g/mol. The van der Waals surface area contributed by atoms with Crippen molar-refractivity contribution in [3.8, 4) is 17.6 Å². The van der Waals surface area contributed by atoms with E-state index in [1.54, 1.807) is 24.3 Å². The van der Waals surface area contributed by atoms with Gasteiger partial charge >= 0.3 is 6.03 Å². The topological polar surface area (TPSA) is 136 Å². The summed E-state index contributed by atoms with van der Waals surface area (Å²) in [4.78, 5) is 29.7. The van der Waals surface area contributed by atoms with Crippen LogP contribution >= 0.6 is 11.6 Å². The number of aromatic hydroxyl groups is 1. The molecule has 0 saturated heterocycles. The number of ether oxygens (including phenoxy) is 1. The van der Waals surface area contributed by atoms with E-state index in [0.29, 0.717) is 34.3 Å². The average molecular weight is 646 g/mol. The van der Waals surface area contributed by atoms with E-state index >= 15 is 0 Å². The molecule has 1 unspecified atom stereocenters. The fourth-order valence-corrected chi connectivity index (χ4v) is 5.14. The van der Waals surface area contributed by atoms with Crippen LogP contribution in [-0.2, 0) is 4.79 Å². The van der Waals surface area contributed by atoms with Crippen LogP contribution in [-0.4, -0.2) is 29.9 Å². The molecule has 3 aromatic carbocycles. The average Bonchev–Trinajstić information content (AvgIpc) is 3.04. The van der Waals surface area contributed by atoms with Crippen molar-refractivity contribution in [2.75, 3.05) is 16.0 Å². The molecule has 0 bridgehead atoms. The van der Waals surface area contributed by atoms with E-state index in [-0.39, 0.29) is 22.9 Å². The Balaban J connectivity index is 1.59. The van der Waals surface area contributed by atoms with Gasteiger partial charge in [-0.25, -0.2) is 4.79 Å². The number of urea groups is 1. The third kappa shape index (κ3) is 11.8. The van der Waals surface area contributed by atoms with Gasteiger partial charge in [-0.1, -0.05) is 82.4 Å². The number of aryl methyl sites for hydroxylation is 1. The van der Waals surface area contributed by atoms with Gasteiger partial charge in [0.1, 0.15) is 17.6 Å². The van der Waals surface area contributed by atoms with Crippen LogP contribution in [0.3, 0.4) is 0 Å². The number of halogens is 1. The number of unbranched alkanes of at least 4 members (excludes halogenated alkanes) is 9. The van der Waals surface area contributed by atoms with Gasteiger partial charge in [-0.05, 0) is 74.5 Å². The lowest BCUT2D eigenvalue weighted by molar-refractivity contribution is -0.123. The van der Waals surface area contributed by atoms with Crippen LogP contribution in [0.15, 0.2) is 59.6 Å². The summed E-state index contributed by atoms with van der Waals surface area (Å²) in [6.07, 6.45) is 11.5. The van der Waals surface area contributed by atoms with Gasteiger partial charge in [0.25, 0.3) is 5.91 Å². The number of nitrogens with zero attached hydrogens (tertiary/aromatic N) is 2. The summed E-state index contributed by atoms with van der Waals surface area (Å²) >= 11 is 6.38.